The van der Waals surface area contributed by atoms with Gasteiger partial charge in [0.2, 0.25) is 0 Å². The predicted octanol–water partition coefficient (Wildman–Crippen LogP) is 3.13. The summed E-state index contributed by atoms with van der Waals surface area (Å²) in [4.78, 5) is 25.0. The van der Waals surface area contributed by atoms with Crippen molar-refractivity contribution >= 4 is 57.0 Å². The average Bonchev–Trinajstić information content (AvgIpc) is 2.81. The van der Waals surface area contributed by atoms with Crippen LogP contribution in [0.4, 0.5) is 0 Å². The second kappa shape index (κ2) is 6.62. The Kier molecular flexibility index (Phi) is 4.55. The van der Waals surface area contributed by atoms with E-state index in [0.29, 0.717) is 20.5 Å². The molecule has 1 aliphatic heterocycles. The molecule has 1 saturated heterocycles. The number of amides is 1. The molecule has 0 aliphatic carbocycles. The van der Waals surface area contributed by atoms with E-state index in [9.17, 15) is 9.59 Å². The van der Waals surface area contributed by atoms with Crippen LogP contribution in [0, 0.1) is 0 Å². The van der Waals surface area contributed by atoms with Crippen molar-refractivity contribution in [3.05, 3.63) is 46.9 Å². The van der Waals surface area contributed by atoms with Crippen LogP contribution in [0.5, 0.6) is 5.75 Å². The van der Waals surface area contributed by atoms with Crippen molar-refractivity contribution in [1.82, 2.24) is 4.90 Å². The third kappa shape index (κ3) is 3.13. The van der Waals surface area contributed by atoms with Gasteiger partial charge in [0.1, 0.15) is 10.1 Å². The molecule has 24 heavy (non-hydrogen) atoms. The van der Waals surface area contributed by atoms with E-state index in [1.54, 1.807) is 19.2 Å². The number of carboxylic acid groups (broad SMARTS) is 1. The Hall–Kier alpha value is -2.38. The summed E-state index contributed by atoms with van der Waals surface area (Å²) in [6.45, 7) is -0.450. The van der Waals surface area contributed by atoms with Crippen molar-refractivity contribution in [2.45, 2.75) is 0 Å². The lowest BCUT2D eigenvalue weighted by molar-refractivity contribution is -0.139. The van der Waals surface area contributed by atoms with Gasteiger partial charge < -0.3 is 9.84 Å². The van der Waals surface area contributed by atoms with Crippen LogP contribution in [-0.2, 0) is 9.59 Å². The lowest BCUT2D eigenvalue weighted by atomic mass is 10.0. The van der Waals surface area contributed by atoms with Crippen molar-refractivity contribution in [2.75, 3.05) is 13.7 Å². The fourth-order valence-electron chi connectivity index (χ4n) is 2.37. The highest BCUT2D eigenvalue weighted by Gasteiger charge is 2.29. The van der Waals surface area contributed by atoms with Gasteiger partial charge in [-0.1, -0.05) is 54.3 Å². The number of hydrogen-bond donors (Lipinski definition) is 1. The zero-order valence-electron chi connectivity index (χ0n) is 12.7. The predicted molar refractivity (Wildman–Crippen MR) is 98.0 cm³/mol. The molecule has 122 valence electrons. The van der Waals surface area contributed by atoms with Gasteiger partial charge in [-0.05, 0) is 22.9 Å². The Balaban J connectivity index is 2.13. The van der Waals surface area contributed by atoms with Gasteiger partial charge in [-0.2, -0.15) is 0 Å². The molecule has 5 nitrogen and oxygen atoms in total. The maximum Gasteiger partial charge on any atom is 0.341 e. The maximum atomic E-state index is 12.2. The molecule has 1 amide bonds. The van der Waals surface area contributed by atoms with E-state index >= 15 is 0 Å². The summed E-state index contributed by atoms with van der Waals surface area (Å²) >= 11 is 6.36. The highest BCUT2D eigenvalue weighted by molar-refractivity contribution is 8.26. The minimum atomic E-state index is -1.06. The number of nitrogens with zero attached hydrogens (tertiary/aromatic N) is 1. The third-order valence-electron chi connectivity index (χ3n) is 3.54. The number of thiocarbonyl (C=S) groups is 1. The van der Waals surface area contributed by atoms with E-state index in [0.717, 1.165) is 10.8 Å². The summed E-state index contributed by atoms with van der Waals surface area (Å²) in [5.41, 5.74) is 0.670. The number of carbonyl (C=O) groups is 2. The first-order valence-electron chi connectivity index (χ1n) is 7.05. The number of likely N-dealkylation sites (N-methyl/N-ethyl adjacent to an activating group) is 1. The first-order chi connectivity index (χ1) is 11.5. The summed E-state index contributed by atoms with van der Waals surface area (Å²) < 4.78 is 5.88. The summed E-state index contributed by atoms with van der Waals surface area (Å²) in [7, 11) is 1.63. The van der Waals surface area contributed by atoms with E-state index in [1.165, 1.54) is 16.7 Å². The number of thioether (sulfide) groups is 1. The molecule has 0 spiro atoms. The lowest BCUT2D eigenvalue weighted by Gasteiger charge is -2.11. The van der Waals surface area contributed by atoms with Crippen LogP contribution in [0.2, 0.25) is 0 Å². The van der Waals surface area contributed by atoms with Crippen LogP contribution in [0.25, 0.3) is 16.8 Å². The molecule has 1 aliphatic rings. The van der Waals surface area contributed by atoms with Gasteiger partial charge in [0.15, 0.2) is 6.61 Å². The number of carbonyl (C=O) groups excluding carboxylic acids is 1. The molecule has 2 aromatic rings. The van der Waals surface area contributed by atoms with E-state index in [1.807, 2.05) is 30.3 Å². The first-order valence-corrected chi connectivity index (χ1v) is 8.28. The molecule has 1 N–H and O–H groups in total. The average molecular weight is 359 g/mol. The maximum absolute atomic E-state index is 12.2. The molecule has 0 atom stereocenters. The van der Waals surface area contributed by atoms with Gasteiger partial charge in [-0.15, -0.1) is 0 Å². The molecule has 0 unspecified atom stereocenters. The number of hydrogen-bond acceptors (Lipinski definition) is 5. The Morgan fingerprint density at radius 3 is 2.75 bits per heavy atom. The summed E-state index contributed by atoms with van der Waals surface area (Å²) in [5.74, 6) is -0.825. The van der Waals surface area contributed by atoms with Gasteiger partial charge in [0.25, 0.3) is 5.91 Å². The molecular formula is C17H13NO4S2. The van der Waals surface area contributed by atoms with Crippen LogP contribution in [0.3, 0.4) is 0 Å². The monoisotopic (exact) mass is 359 g/mol. The number of fused-ring (bicyclic) bond motifs is 1. The Morgan fingerprint density at radius 1 is 1.33 bits per heavy atom. The second-order valence-corrected chi connectivity index (χ2v) is 6.80. The molecule has 2 aromatic carbocycles. The number of ether oxygens (including phenoxy) is 1. The largest absolute Gasteiger partial charge is 0.481 e. The van der Waals surface area contributed by atoms with E-state index in [2.05, 4.69) is 0 Å². The fourth-order valence-corrected chi connectivity index (χ4v) is 3.53. The van der Waals surface area contributed by atoms with E-state index < -0.39 is 12.6 Å². The molecule has 7 heteroatoms. The van der Waals surface area contributed by atoms with Crippen molar-refractivity contribution in [2.24, 2.45) is 0 Å². The number of aliphatic carboxylic acids is 1. The fraction of sp³-hybridized carbons (Fsp3) is 0.118. The van der Waals surface area contributed by atoms with E-state index in [-0.39, 0.29) is 5.91 Å². The van der Waals surface area contributed by atoms with Gasteiger partial charge in [0, 0.05) is 12.6 Å². The zero-order valence-corrected chi connectivity index (χ0v) is 14.3. The minimum Gasteiger partial charge on any atom is -0.481 e. The zero-order chi connectivity index (χ0) is 17.3. The van der Waals surface area contributed by atoms with Crippen molar-refractivity contribution in [1.29, 1.82) is 0 Å². The molecule has 0 aromatic heterocycles. The molecular weight excluding hydrogens is 346 g/mol. The van der Waals surface area contributed by atoms with Crippen LogP contribution < -0.4 is 4.74 Å². The lowest BCUT2D eigenvalue weighted by Crippen LogP contribution is -2.22. The summed E-state index contributed by atoms with van der Waals surface area (Å²) in [6.07, 6.45) is 1.71. The topological polar surface area (TPSA) is 66.8 Å². The van der Waals surface area contributed by atoms with Crippen LogP contribution >= 0.6 is 24.0 Å². The van der Waals surface area contributed by atoms with Gasteiger partial charge >= 0.3 is 5.97 Å². The SMILES string of the molecule is CN1C(=O)C(=Cc2c(OCC(=O)O)ccc3ccccc23)SC1=S. The molecule has 0 radical (unpaired) electrons. The molecule has 0 saturated carbocycles. The highest BCUT2D eigenvalue weighted by Crippen LogP contribution is 2.36. The number of carboxylic acids is 1. The van der Waals surface area contributed by atoms with Crippen LogP contribution in [0.1, 0.15) is 5.56 Å². The Morgan fingerprint density at radius 2 is 2.08 bits per heavy atom. The summed E-state index contributed by atoms with van der Waals surface area (Å²) in [5, 5.41) is 10.7. The third-order valence-corrected chi connectivity index (χ3v) is 5.03. The molecule has 3 rings (SSSR count). The standard InChI is InChI=1S/C17H13NO4S2/c1-18-16(21)14(24-17(18)23)8-12-11-5-3-2-4-10(11)6-7-13(12)22-9-15(19)20/h2-8H,9H2,1H3,(H,19,20). The Bertz CT molecular complexity index is 891. The van der Waals surface area contributed by atoms with Gasteiger partial charge in [-0.25, -0.2) is 4.79 Å². The van der Waals surface area contributed by atoms with Gasteiger partial charge in [0.05, 0.1) is 4.91 Å². The minimum absolute atomic E-state index is 0.179. The number of rotatable bonds is 4. The Labute approximate surface area is 147 Å². The van der Waals surface area contributed by atoms with E-state index in [4.69, 9.17) is 22.1 Å². The van der Waals surface area contributed by atoms with Crippen molar-refractivity contribution in [3.63, 3.8) is 0 Å². The van der Waals surface area contributed by atoms with Gasteiger partial charge in [-0.3, -0.25) is 9.69 Å². The van der Waals surface area contributed by atoms with Crippen LogP contribution in [-0.4, -0.2) is 39.9 Å². The van der Waals surface area contributed by atoms with Crippen molar-refractivity contribution in [3.8, 4) is 5.75 Å². The summed E-state index contributed by atoms with van der Waals surface area (Å²) in [6, 6.07) is 11.2. The second-order valence-electron chi connectivity index (χ2n) is 5.12. The quantitative estimate of drug-likeness (QED) is 0.668. The first kappa shape index (κ1) is 16.5. The highest BCUT2D eigenvalue weighted by atomic mass is 32.2. The molecule has 0 bridgehead atoms. The normalized spacial score (nSPS) is 16.2. The van der Waals surface area contributed by atoms with Crippen molar-refractivity contribution < 1.29 is 19.4 Å². The molecule has 1 fully saturated rings. The number of benzene rings is 2. The smallest absolute Gasteiger partial charge is 0.341 e. The molecule has 1 heterocycles. The van der Waals surface area contributed by atoms with Crippen LogP contribution in [0.15, 0.2) is 41.3 Å².